The summed E-state index contributed by atoms with van der Waals surface area (Å²) in [5, 5.41) is 3.43. The monoisotopic (exact) mass is 204 g/mol. The highest BCUT2D eigenvalue weighted by Crippen LogP contribution is 1.94. The van der Waals surface area contributed by atoms with Gasteiger partial charge < -0.3 is 10.1 Å². The fourth-order valence-corrected chi connectivity index (χ4v) is 1.71. The van der Waals surface area contributed by atoms with Crippen molar-refractivity contribution in [2.75, 3.05) is 57.9 Å². The van der Waals surface area contributed by atoms with Crippen LogP contribution in [-0.4, -0.2) is 62.8 Å². The van der Waals surface area contributed by atoms with Crippen molar-refractivity contribution >= 4 is 11.8 Å². The molecule has 1 rings (SSSR count). The third-order valence-electron chi connectivity index (χ3n) is 2.19. The van der Waals surface area contributed by atoms with Gasteiger partial charge in [-0.15, -0.1) is 0 Å². The minimum atomic E-state index is 0.908. The first-order valence-corrected chi connectivity index (χ1v) is 6.32. The van der Waals surface area contributed by atoms with Crippen LogP contribution in [0.25, 0.3) is 0 Å². The predicted molar refractivity (Wildman–Crippen MR) is 58.5 cm³/mol. The molecule has 0 radical (unpaired) electrons. The van der Waals surface area contributed by atoms with Gasteiger partial charge in [0.05, 0.1) is 13.2 Å². The summed E-state index contributed by atoms with van der Waals surface area (Å²) in [5.74, 6) is 1.21. The SMILES string of the molecule is CSCCNCCN1CCOCC1. The number of ether oxygens (including phenoxy) is 1. The standard InChI is InChI=1S/C9H20N2OS/c1-13-9-3-10-2-4-11-5-7-12-8-6-11/h10H,2-9H2,1H3. The van der Waals surface area contributed by atoms with Crippen molar-refractivity contribution in [3.05, 3.63) is 0 Å². The quantitative estimate of drug-likeness (QED) is 0.628. The zero-order valence-corrected chi connectivity index (χ0v) is 9.24. The average molecular weight is 204 g/mol. The van der Waals surface area contributed by atoms with Crippen LogP contribution in [0, 0.1) is 0 Å². The number of rotatable bonds is 6. The van der Waals surface area contributed by atoms with E-state index < -0.39 is 0 Å². The van der Waals surface area contributed by atoms with Crippen molar-refractivity contribution in [3.8, 4) is 0 Å². The van der Waals surface area contributed by atoms with E-state index >= 15 is 0 Å². The van der Waals surface area contributed by atoms with Gasteiger partial charge in [0.25, 0.3) is 0 Å². The lowest BCUT2D eigenvalue weighted by Gasteiger charge is -2.26. The topological polar surface area (TPSA) is 24.5 Å². The lowest BCUT2D eigenvalue weighted by Crippen LogP contribution is -2.40. The van der Waals surface area contributed by atoms with Crippen molar-refractivity contribution in [2.24, 2.45) is 0 Å². The molecular weight excluding hydrogens is 184 g/mol. The van der Waals surface area contributed by atoms with Crippen LogP contribution >= 0.6 is 11.8 Å². The molecule has 0 spiro atoms. The molecular formula is C9H20N2OS. The Morgan fingerprint density at radius 2 is 2.08 bits per heavy atom. The Labute approximate surface area is 85.2 Å². The van der Waals surface area contributed by atoms with E-state index in [0.717, 1.165) is 45.9 Å². The summed E-state index contributed by atoms with van der Waals surface area (Å²) in [6, 6.07) is 0. The van der Waals surface area contributed by atoms with Crippen LogP contribution in [0.15, 0.2) is 0 Å². The first-order valence-electron chi connectivity index (χ1n) is 4.93. The lowest BCUT2D eigenvalue weighted by molar-refractivity contribution is 0.0385. The molecule has 0 aromatic heterocycles. The molecule has 13 heavy (non-hydrogen) atoms. The molecule has 0 amide bonds. The molecule has 1 aliphatic rings. The molecule has 1 aliphatic heterocycles. The van der Waals surface area contributed by atoms with Crippen LogP contribution in [-0.2, 0) is 4.74 Å². The lowest BCUT2D eigenvalue weighted by atomic mass is 10.4. The molecule has 1 fully saturated rings. The molecule has 0 aromatic carbocycles. The van der Waals surface area contributed by atoms with Crippen molar-refractivity contribution in [2.45, 2.75) is 0 Å². The zero-order valence-electron chi connectivity index (χ0n) is 8.42. The highest BCUT2D eigenvalue weighted by Gasteiger charge is 2.08. The average Bonchev–Trinajstić information content (AvgIpc) is 2.19. The van der Waals surface area contributed by atoms with Gasteiger partial charge in [-0.1, -0.05) is 0 Å². The largest absolute Gasteiger partial charge is 0.379 e. The van der Waals surface area contributed by atoms with Gasteiger partial charge >= 0.3 is 0 Å². The highest BCUT2D eigenvalue weighted by atomic mass is 32.2. The maximum atomic E-state index is 5.28. The Hall–Kier alpha value is 0.230. The van der Waals surface area contributed by atoms with Crippen LogP contribution < -0.4 is 5.32 Å². The molecule has 1 heterocycles. The molecule has 0 bridgehead atoms. The minimum Gasteiger partial charge on any atom is -0.379 e. The number of hydrogen-bond donors (Lipinski definition) is 1. The second-order valence-electron chi connectivity index (χ2n) is 3.20. The Morgan fingerprint density at radius 3 is 2.77 bits per heavy atom. The maximum Gasteiger partial charge on any atom is 0.0594 e. The van der Waals surface area contributed by atoms with Crippen molar-refractivity contribution < 1.29 is 4.74 Å². The number of thioether (sulfide) groups is 1. The Kier molecular flexibility index (Phi) is 6.62. The highest BCUT2D eigenvalue weighted by molar-refractivity contribution is 7.98. The summed E-state index contributed by atoms with van der Waals surface area (Å²) in [6.45, 7) is 7.42. The van der Waals surface area contributed by atoms with Gasteiger partial charge in [0.1, 0.15) is 0 Å². The van der Waals surface area contributed by atoms with Crippen LogP contribution in [0.2, 0.25) is 0 Å². The van der Waals surface area contributed by atoms with E-state index in [1.807, 2.05) is 11.8 Å². The van der Waals surface area contributed by atoms with Gasteiger partial charge in [0.2, 0.25) is 0 Å². The molecule has 3 nitrogen and oxygen atoms in total. The fourth-order valence-electron chi connectivity index (χ4n) is 1.36. The number of morpholine rings is 1. The third kappa shape index (κ3) is 5.52. The van der Waals surface area contributed by atoms with Gasteiger partial charge in [-0.3, -0.25) is 4.90 Å². The van der Waals surface area contributed by atoms with Gasteiger partial charge in [0.15, 0.2) is 0 Å². The molecule has 0 atom stereocenters. The Balaban J connectivity index is 1.86. The number of nitrogens with zero attached hydrogens (tertiary/aromatic N) is 1. The first-order chi connectivity index (χ1) is 6.43. The summed E-state index contributed by atoms with van der Waals surface area (Å²) >= 11 is 1.89. The molecule has 0 saturated carbocycles. The van der Waals surface area contributed by atoms with Crippen LogP contribution in [0.3, 0.4) is 0 Å². The normalized spacial score (nSPS) is 19.2. The summed E-state index contributed by atoms with van der Waals surface area (Å²) < 4.78 is 5.28. The molecule has 4 heteroatoms. The summed E-state index contributed by atoms with van der Waals surface area (Å²) in [7, 11) is 0. The molecule has 0 aliphatic carbocycles. The molecule has 0 unspecified atom stereocenters. The van der Waals surface area contributed by atoms with Crippen LogP contribution in [0.4, 0.5) is 0 Å². The van der Waals surface area contributed by atoms with Crippen molar-refractivity contribution in [1.29, 1.82) is 0 Å². The molecule has 78 valence electrons. The van der Waals surface area contributed by atoms with E-state index in [2.05, 4.69) is 16.5 Å². The van der Waals surface area contributed by atoms with Crippen LogP contribution in [0.5, 0.6) is 0 Å². The van der Waals surface area contributed by atoms with E-state index in [9.17, 15) is 0 Å². The van der Waals surface area contributed by atoms with Gasteiger partial charge in [-0.2, -0.15) is 11.8 Å². The minimum absolute atomic E-state index is 0.908. The summed E-state index contributed by atoms with van der Waals surface area (Å²) in [5.41, 5.74) is 0. The maximum absolute atomic E-state index is 5.28. The zero-order chi connectivity index (χ0) is 9.36. The second kappa shape index (κ2) is 7.62. The van der Waals surface area contributed by atoms with E-state index in [0.29, 0.717) is 0 Å². The van der Waals surface area contributed by atoms with E-state index in [1.165, 1.54) is 5.75 Å². The summed E-state index contributed by atoms with van der Waals surface area (Å²) in [4.78, 5) is 2.45. The smallest absolute Gasteiger partial charge is 0.0594 e. The second-order valence-corrected chi connectivity index (χ2v) is 4.18. The number of nitrogens with one attached hydrogen (secondary N) is 1. The van der Waals surface area contributed by atoms with Crippen molar-refractivity contribution in [3.63, 3.8) is 0 Å². The van der Waals surface area contributed by atoms with Crippen LogP contribution in [0.1, 0.15) is 0 Å². The Bertz CT molecular complexity index is 118. The first kappa shape index (κ1) is 11.3. The third-order valence-corrected chi connectivity index (χ3v) is 2.80. The fraction of sp³-hybridized carbons (Fsp3) is 1.00. The molecule has 0 aromatic rings. The van der Waals surface area contributed by atoms with Crippen molar-refractivity contribution in [1.82, 2.24) is 10.2 Å². The summed E-state index contributed by atoms with van der Waals surface area (Å²) in [6.07, 6.45) is 2.14. The molecule has 1 N–H and O–H groups in total. The van der Waals surface area contributed by atoms with Gasteiger partial charge in [-0.05, 0) is 6.26 Å². The van der Waals surface area contributed by atoms with E-state index in [1.54, 1.807) is 0 Å². The van der Waals surface area contributed by atoms with E-state index in [-0.39, 0.29) is 0 Å². The van der Waals surface area contributed by atoms with Gasteiger partial charge in [-0.25, -0.2) is 0 Å². The predicted octanol–water partition coefficient (Wildman–Crippen LogP) is 0.271. The molecule has 1 saturated heterocycles. The van der Waals surface area contributed by atoms with E-state index in [4.69, 9.17) is 4.74 Å². The number of hydrogen-bond acceptors (Lipinski definition) is 4. The Morgan fingerprint density at radius 1 is 1.31 bits per heavy atom. The van der Waals surface area contributed by atoms with Gasteiger partial charge in [0, 0.05) is 38.5 Å².